The predicted octanol–water partition coefficient (Wildman–Crippen LogP) is 0.840. The number of nitrogens with one attached hydrogen (secondary N) is 2. The lowest BCUT2D eigenvalue weighted by Crippen LogP contribution is -2.27. The molecule has 2 rings (SSSR count). The fourth-order valence-electron chi connectivity index (χ4n) is 1.58. The molecule has 2 N–H and O–H groups in total. The standard InChI is InChI=1S/C12H13N3O5S/c1-3-19-12(18)7-5-21-8(14-7)4-13-10(16)9-6(2)20-15-11(9)17/h5H,3-4H2,1-2H3,(H,13,16)(H,15,17). The minimum Gasteiger partial charge on any atom is -0.461 e. The maximum Gasteiger partial charge on any atom is 0.357 e. The highest BCUT2D eigenvalue weighted by Crippen LogP contribution is 2.11. The first-order valence-electron chi connectivity index (χ1n) is 6.10. The molecule has 1 amide bonds. The van der Waals surface area contributed by atoms with E-state index in [0.717, 1.165) is 0 Å². The Hall–Kier alpha value is -2.42. The van der Waals surface area contributed by atoms with Gasteiger partial charge in [0.2, 0.25) is 0 Å². The number of aromatic nitrogens is 2. The second-order valence-corrected chi connectivity index (χ2v) is 4.94. The van der Waals surface area contributed by atoms with Gasteiger partial charge in [-0.2, -0.15) is 5.16 Å². The van der Waals surface area contributed by atoms with Gasteiger partial charge in [0.15, 0.2) is 5.69 Å². The molecule has 0 aromatic carbocycles. The number of aromatic amines is 1. The molecule has 9 heteroatoms. The van der Waals surface area contributed by atoms with E-state index in [1.54, 1.807) is 12.3 Å². The van der Waals surface area contributed by atoms with Gasteiger partial charge in [0.05, 0.1) is 13.2 Å². The van der Waals surface area contributed by atoms with Gasteiger partial charge >= 0.3 is 5.97 Å². The molecule has 0 saturated heterocycles. The number of esters is 1. The lowest BCUT2D eigenvalue weighted by atomic mass is 10.2. The van der Waals surface area contributed by atoms with Crippen LogP contribution in [0.5, 0.6) is 0 Å². The third-order valence-electron chi connectivity index (χ3n) is 2.54. The topological polar surface area (TPSA) is 114 Å². The van der Waals surface area contributed by atoms with E-state index in [0.29, 0.717) is 5.01 Å². The summed E-state index contributed by atoms with van der Waals surface area (Å²) in [5, 5.41) is 6.71. The SMILES string of the molecule is CCOC(=O)c1csc(CNC(=O)c2c(C)o[nH]c2=O)n1. The van der Waals surface area contributed by atoms with Gasteiger partial charge in [-0.1, -0.05) is 0 Å². The van der Waals surface area contributed by atoms with E-state index in [-0.39, 0.29) is 30.2 Å². The first kappa shape index (κ1) is 15.0. The summed E-state index contributed by atoms with van der Waals surface area (Å²) in [6.07, 6.45) is 0. The van der Waals surface area contributed by atoms with Crippen molar-refractivity contribution in [1.29, 1.82) is 0 Å². The van der Waals surface area contributed by atoms with Crippen LogP contribution in [-0.4, -0.2) is 28.6 Å². The zero-order valence-corrected chi connectivity index (χ0v) is 12.2. The van der Waals surface area contributed by atoms with Gasteiger partial charge in [-0.25, -0.2) is 9.78 Å². The molecule has 0 atom stereocenters. The van der Waals surface area contributed by atoms with E-state index >= 15 is 0 Å². The van der Waals surface area contributed by atoms with Crippen LogP contribution in [0.25, 0.3) is 0 Å². The summed E-state index contributed by atoms with van der Waals surface area (Å²) in [6, 6.07) is 0. The van der Waals surface area contributed by atoms with Gasteiger partial charge in [0.1, 0.15) is 16.3 Å². The molecule has 0 aliphatic rings. The van der Waals surface area contributed by atoms with Crippen molar-refractivity contribution in [3.8, 4) is 0 Å². The van der Waals surface area contributed by atoms with Crippen molar-refractivity contribution in [3.63, 3.8) is 0 Å². The Morgan fingerprint density at radius 3 is 2.90 bits per heavy atom. The number of carbonyl (C=O) groups is 2. The van der Waals surface area contributed by atoms with Crippen LogP contribution < -0.4 is 10.9 Å². The number of rotatable bonds is 5. The van der Waals surface area contributed by atoms with Crippen molar-refractivity contribution in [2.24, 2.45) is 0 Å². The Morgan fingerprint density at radius 1 is 1.52 bits per heavy atom. The molecule has 0 bridgehead atoms. The van der Waals surface area contributed by atoms with Crippen LogP contribution in [0.1, 0.15) is 38.5 Å². The van der Waals surface area contributed by atoms with Crippen LogP contribution in [0.2, 0.25) is 0 Å². The molecule has 0 unspecified atom stereocenters. The number of ether oxygens (including phenoxy) is 1. The van der Waals surface area contributed by atoms with Gasteiger partial charge in [-0.15, -0.1) is 11.3 Å². The summed E-state index contributed by atoms with van der Waals surface area (Å²) >= 11 is 1.22. The highest BCUT2D eigenvalue weighted by atomic mass is 32.1. The number of hydrogen-bond donors (Lipinski definition) is 2. The Balaban J connectivity index is 1.99. The molecule has 0 saturated carbocycles. The first-order chi connectivity index (χ1) is 10.0. The van der Waals surface area contributed by atoms with E-state index in [4.69, 9.17) is 9.26 Å². The smallest absolute Gasteiger partial charge is 0.357 e. The number of thiazole rings is 1. The fraction of sp³-hybridized carbons (Fsp3) is 0.333. The van der Waals surface area contributed by atoms with E-state index in [1.807, 2.05) is 0 Å². The summed E-state index contributed by atoms with van der Waals surface area (Å²) in [5.74, 6) is -0.854. The largest absolute Gasteiger partial charge is 0.461 e. The number of carbonyl (C=O) groups excluding carboxylic acids is 2. The molecule has 2 heterocycles. The number of amides is 1. The Bertz CT molecular complexity index is 715. The van der Waals surface area contributed by atoms with Gasteiger partial charge < -0.3 is 14.6 Å². The molecule has 2 aromatic heterocycles. The number of aryl methyl sites for hydroxylation is 1. The average Bonchev–Trinajstić information content (AvgIpc) is 3.04. The van der Waals surface area contributed by atoms with Crippen molar-refractivity contribution in [2.75, 3.05) is 6.61 Å². The van der Waals surface area contributed by atoms with Gasteiger partial charge in [-0.3, -0.25) is 9.59 Å². The second kappa shape index (κ2) is 6.35. The van der Waals surface area contributed by atoms with Crippen LogP contribution in [0.4, 0.5) is 0 Å². The normalized spacial score (nSPS) is 10.4. The minimum absolute atomic E-state index is 0.0721. The summed E-state index contributed by atoms with van der Waals surface area (Å²) < 4.78 is 9.58. The van der Waals surface area contributed by atoms with Gasteiger partial charge in [0, 0.05) is 5.38 Å². The Labute approximate surface area is 123 Å². The van der Waals surface area contributed by atoms with E-state index in [1.165, 1.54) is 18.3 Å². The molecule has 0 radical (unpaired) electrons. The van der Waals surface area contributed by atoms with Crippen molar-refractivity contribution in [3.05, 3.63) is 37.8 Å². The minimum atomic E-state index is -0.587. The highest BCUT2D eigenvalue weighted by molar-refractivity contribution is 7.09. The van der Waals surface area contributed by atoms with Crippen molar-refractivity contribution in [1.82, 2.24) is 15.5 Å². The van der Waals surface area contributed by atoms with E-state index in [9.17, 15) is 14.4 Å². The van der Waals surface area contributed by atoms with E-state index in [2.05, 4.69) is 15.5 Å². The molecular formula is C12H13N3O5S. The Kier molecular flexibility index (Phi) is 4.53. The summed E-state index contributed by atoms with van der Waals surface area (Å²) in [6.45, 7) is 3.59. The molecular weight excluding hydrogens is 298 g/mol. The van der Waals surface area contributed by atoms with Crippen LogP contribution in [0.15, 0.2) is 14.7 Å². The molecule has 112 valence electrons. The summed E-state index contributed by atoms with van der Waals surface area (Å²) in [4.78, 5) is 38.7. The van der Waals surface area contributed by atoms with Crippen LogP contribution >= 0.6 is 11.3 Å². The first-order valence-corrected chi connectivity index (χ1v) is 6.98. The van der Waals surface area contributed by atoms with Crippen LogP contribution in [0.3, 0.4) is 0 Å². The molecule has 8 nitrogen and oxygen atoms in total. The quantitative estimate of drug-likeness (QED) is 0.791. The predicted molar refractivity (Wildman–Crippen MR) is 73.3 cm³/mol. The number of H-pyrrole nitrogens is 1. The van der Waals surface area contributed by atoms with Crippen molar-refractivity contribution in [2.45, 2.75) is 20.4 Å². The third-order valence-corrected chi connectivity index (χ3v) is 3.39. The molecule has 0 aliphatic heterocycles. The maximum atomic E-state index is 11.9. The zero-order chi connectivity index (χ0) is 15.4. The van der Waals surface area contributed by atoms with Crippen molar-refractivity contribution < 1.29 is 18.8 Å². The maximum absolute atomic E-state index is 11.9. The third kappa shape index (κ3) is 3.37. The fourth-order valence-corrected chi connectivity index (χ4v) is 2.29. The van der Waals surface area contributed by atoms with Crippen LogP contribution in [0, 0.1) is 6.92 Å². The Morgan fingerprint density at radius 2 is 2.29 bits per heavy atom. The van der Waals surface area contributed by atoms with Crippen LogP contribution in [-0.2, 0) is 11.3 Å². The highest BCUT2D eigenvalue weighted by Gasteiger charge is 2.18. The monoisotopic (exact) mass is 311 g/mol. The molecule has 21 heavy (non-hydrogen) atoms. The molecule has 2 aromatic rings. The lowest BCUT2D eigenvalue weighted by molar-refractivity contribution is 0.0520. The lowest BCUT2D eigenvalue weighted by Gasteiger charge is -2.00. The molecule has 0 spiro atoms. The summed E-state index contributed by atoms with van der Waals surface area (Å²) in [5.41, 5.74) is -0.461. The molecule has 0 aliphatic carbocycles. The van der Waals surface area contributed by atoms with E-state index < -0.39 is 17.4 Å². The molecule has 0 fully saturated rings. The zero-order valence-electron chi connectivity index (χ0n) is 11.4. The number of hydrogen-bond acceptors (Lipinski definition) is 7. The van der Waals surface area contributed by atoms with Crippen molar-refractivity contribution >= 4 is 23.2 Å². The average molecular weight is 311 g/mol. The summed E-state index contributed by atoms with van der Waals surface area (Å²) in [7, 11) is 0. The van der Waals surface area contributed by atoms with Gasteiger partial charge in [-0.05, 0) is 13.8 Å². The second-order valence-electron chi connectivity index (χ2n) is 3.99. The number of nitrogens with zero attached hydrogens (tertiary/aromatic N) is 1. The van der Waals surface area contributed by atoms with Gasteiger partial charge in [0.25, 0.3) is 11.5 Å².